The van der Waals surface area contributed by atoms with Crippen LogP contribution in [0.5, 0.6) is 0 Å². The highest BCUT2D eigenvalue weighted by molar-refractivity contribution is 5.79. The summed E-state index contributed by atoms with van der Waals surface area (Å²) in [4.78, 5) is 24.3. The molecule has 1 N–H and O–H groups in total. The summed E-state index contributed by atoms with van der Waals surface area (Å²) < 4.78 is 9.66. The Bertz CT molecular complexity index is 389. The second-order valence-corrected chi connectivity index (χ2v) is 4.75. The van der Waals surface area contributed by atoms with Gasteiger partial charge in [-0.2, -0.15) is 0 Å². The zero-order chi connectivity index (χ0) is 12.8. The van der Waals surface area contributed by atoms with Crippen LogP contribution < -0.4 is 0 Å². The zero-order valence-electron chi connectivity index (χ0n) is 9.91. The lowest BCUT2D eigenvalue weighted by Crippen LogP contribution is -2.61. The highest BCUT2D eigenvalue weighted by Crippen LogP contribution is 2.41. The first-order chi connectivity index (χ1) is 7.89. The molecule has 94 valence electrons. The number of methoxy groups -OCH3 is 1. The van der Waals surface area contributed by atoms with Crippen LogP contribution in [0.1, 0.15) is 13.8 Å². The summed E-state index contributed by atoms with van der Waals surface area (Å²) >= 11 is 0. The van der Waals surface area contributed by atoms with E-state index in [2.05, 4.69) is 4.74 Å². The standard InChI is InChI=1S/C11H15NO5/c1-11(2)6-4-5-12(10(15)16-3)8(7(6)13)17-9(11)14/h4-8,13H,1-3H3/t6?,7-,8?/m0/s1. The van der Waals surface area contributed by atoms with Crippen LogP contribution >= 0.6 is 0 Å². The number of hydrogen-bond donors (Lipinski definition) is 1. The molecule has 0 aliphatic carbocycles. The van der Waals surface area contributed by atoms with E-state index >= 15 is 0 Å². The SMILES string of the molecule is COC(=O)N1C=CC2[C@H](O)C1OC(=O)C2(C)C. The van der Waals surface area contributed by atoms with Crippen molar-refractivity contribution in [2.75, 3.05) is 7.11 Å². The number of ether oxygens (including phenoxy) is 2. The molecule has 0 radical (unpaired) electrons. The van der Waals surface area contributed by atoms with Gasteiger partial charge in [0.15, 0.2) is 0 Å². The third-order valence-electron chi connectivity index (χ3n) is 3.36. The highest BCUT2D eigenvalue weighted by Gasteiger charge is 2.54. The summed E-state index contributed by atoms with van der Waals surface area (Å²) in [7, 11) is 1.23. The van der Waals surface area contributed by atoms with Gasteiger partial charge in [0.1, 0.15) is 6.10 Å². The summed E-state index contributed by atoms with van der Waals surface area (Å²) in [6.07, 6.45) is 0.515. The first-order valence-corrected chi connectivity index (χ1v) is 5.33. The number of hydrogen-bond acceptors (Lipinski definition) is 5. The van der Waals surface area contributed by atoms with Crippen molar-refractivity contribution in [3.63, 3.8) is 0 Å². The van der Waals surface area contributed by atoms with Crippen molar-refractivity contribution in [1.82, 2.24) is 4.90 Å². The molecule has 6 heteroatoms. The van der Waals surface area contributed by atoms with Gasteiger partial charge in [-0.25, -0.2) is 9.69 Å². The maximum Gasteiger partial charge on any atom is 0.416 e. The number of aliphatic hydroxyl groups excluding tert-OH is 1. The Labute approximate surface area is 98.8 Å². The molecule has 2 unspecified atom stereocenters. The van der Waals surface area contributed by atoms with Gasteiger partial charge >= 0.3 is 12.1 Å². The Morgan fingerprint density at radius 3 is 2.82 bits per heavy atom. The third kappa shape index (κ3) is 1.59. The van der Waals surface area contributed by atoms with Gasteiger partial charge in [0.25, 0.3) is 0 Å². The van der Waals surface area contributed by atoms with E-state index in [-0.39, 0.29) is 5.92 Å². The normalized spacial score (nSPS) is 34.2. The lowest BCUT2D eigenvalue weighted by atomic mass is 9.72. The van der Waals surface area contributed by atoms with Crippen molar-refractivity contribution in [2.24, 2.45) is 11.3 Å². The van der Waals surface area contributed by atoms with Crippen LogP contribution in [0.2, 0.25) is 0 Å². The molecular formula is C11H15NO5. The smallest absolute Gasteiger partial charge is 0.416 e. The molecule has 1 fully saturated rings. The fourth-order valence-corrected chi connectivity index (χ4v) is 2.19. The fourth-order valence-electron chi connectivity index (χ4n) is 2.19. The molecule has 2 rings (SSSR count). The minimum absolute atomic E-state index is 0.366. The maximum atomic E-state index is 11.8. The minimum atomic E-state index is -1.00. The number of fused-ring (bicyclic) bond motifs is 2. The topological polar surface area (TPSA) is 76.1 Å². The lowest BCUT2D eigenvalue weighted by molar-refractivity contribution is -0.207. The Kier molecular flexibility index (Phi) is 2.61. The molecule has 3 atom stereocenters. The van der Waals surface area contributed by atoms with E-state index in [4.69, 9.17) is 4.74 Å². The molecule has 2 aliphatic rings. The molecule has 2 aliphatic heterocycles. The van der Waals surface area contributed by atoms with Crippen LogP contribution in [-0.4, -0.2) is 41.5 Å². The number of esters is 1. The Morgan fingerprint density at radius 1 is 1.59 bits per heavy atom. The van der Waals surface area contributed by atoms with Crippen LogP contribution in [-0.2, 0) is 14.3 Å². The van der Waals surface area contributed by atoms with Crippen LogP contribution in [0.3, 0.4) is 0 Å². The van der Waals surface area contributed by atoms with Crippen molar-refractivity contribution in [3.05, 3.63) is 12.3 Å². The molecule has 0 aromatic rings. The van der Waals surface area contributed by atoms with Crippen molar-refractivity contribution >= 4 is 12.1 Å². The van der Waals surface area contributed by atoms with Gasteiger partial charge in [-0.05, 0) is 13.8 Å². The van der Waals surface area contributed by atoms with Crippen molar-refractivity contribution in [1.29, 1.82) is 0 Å². The van der Waals surface area contributed by atoms with E-state index in [0.29, 0.717) is 0 Å². The molecule has 17 heavy (non-hydrogen) atoms. The molecule has 1 saturated heterocycles. The van der Waals surface area contributed by atoms with Crippen LogP contribution in [0, 0.1) is 11.3 Å². The van der Waals surface area contributed by atoms with Crippen molar-refractivity contribution in [3.8, 4) is 0 Å². The molecule has 0 saturated carbocycles. The lowest BCUT2D eigenvalue weighted by Gasteiger charge is -2.47. The number of rotatable bonds is 0. The van der Waals surface area contributed by atoms with Crippen molar-refractivity contribution < 1.29 is 24.2 Å². The summed E-state index contributed by atoms with van der Waals surface area (Å²) in [5.41, 5.74) is -0.797. The van der Waals surface area contributed by atoms with Gasteiger partial charge in [0.2, 0.25) is 6.23 Å². The van der Waals surface area contributed by atoms with E-state index < -0.39 is 29.8 Å². The monoisotopic (exact) mass is 241 g/mol. The molecule has 0 aromatic heterocycles. The first-order valence-electron chi connectivity index (χ1n) is 5.33. The second kappa shape index (κ2) is 3.73. The zero-order valence-corrected chi connectivity index (χ0v) is 9.91. The number of carbonyl (C=O) groups excluding carboxylic acids is 2. The van der Waals surface area contributed by atoms with Gasteiger partial charge in [-0.1, -0.05) is 6.08 Å². The summed E-state index contributed by atoms with van der Waals surface area (Å²) in [5.74, 6) is -0.800. The molecule has 2 heterocycles. The Balaban J connectivity index is 2.36. The van der Waals surface area contributed by atoms with Gasteiger partial charge in [0, 0.05) is 12.1 Å². The number of nitrogens with zero attached hydrogens (tertiary/aromatic N) is 1. The van der Waals surface area contributed by atoms with Crippen LogP contribution in [0.4, 0.5) is 4.79 Å². The van der Waals surface area contributed by atoms with E-state index in [0.717, 1.165) is 4.90 Å². The van der Waals surface area contributed by atoms with E-state index in [1.165, 1.54) is 13.3 Å². The summed E-state index contributed by atoms with van der Waals surface area (Å²) in [6, 6.07) is 0. The van der Waals surface area contributed by atoms with Gasteiger partial charge in [-0.15, -0.1) is 0 Å². The quantitative estimate of drug-likeness (QED) is 0.624. The van der Waals surface area contributed by atoms with Crippen molar-refractivity contribution in [2.45, 2.75) is 26.2 Å². The third-order valence-corrected chi connectivity index (χ3v) is 3.36. The first kappa shape index (κ1) is 11.9. The van der Waals surface area contributed by atoms with E-state index in [1.807, 2.05) is 0 Å². The molecule has 6 nitrogen and oxygen atoms in total. The number of aliphatic hydroxyl groups is 1. The molecule has 1 amide bonds. The Hall–Kier alpha value is -1.56. The van der Waals surface area contributed by atoms with E-state index in [1.54, 1.807) is 19.9 Å². The molecule has 2 bridgehead atoms. The average Bonchev–Trinajstić information content (AvgIpc) is 2.28. The predicted octanol–water partition coefficient (Wildman–Crippen LogP) is 0.468. The van der Waals surface area contributed by atoms with Gasteiger partial charge in [0.05, 0.1) is 12.5 Å². The average molecular weight is 241 g/mol. The van der Waals surface area contributed by atoms with Crippen LogP contribution in [0.25, 0.3) is 0 Å². The number of carbonyl (C=O) groups is 2. The molecular weight excluding hydrogens is 226 g/mol. The second-order valence-electron chi connectivity index (χ2n) is 4.75. The van der Waals surface area contributed by atoms with E-state index in [9.17, 15) is 14.7 Å². The Morgan fingerprint density at radius 2 is 2.24 bits per heavy atom. The summed E-state index contributed by atoms with van der Waals surface area (Å²) in [6.45, 7) is 3.41. The largest absolute Gasteiger partial charge is 0.452 e. The predicted molar refractivity (Wildman–Crippen MR) is 56.5 cm³/mol. The maximum absolute atomic E-state index is 11.8. The molecule has 0 aromatic carbocycles. The number of amides is 1. The van der Waals surface area contributed by atoms with Gasteiger partial charge < -0.3 is 14.6 Å². The van der Waals surface area contributed by atoms with Gasteiger partial charge in [-0.3, -0.25) is 4.79 Å². The summed E-state index contributed by atoms with van der Waals surface area (Å²) in [5, 5.41) is 10.1. The molecule has 0 spiro atoms. The van der Waals surface area contributed by atoms with Crippen LogP contribution in [0.15, 0.2) is 12.3 Å². The minimum Gasteiger partial charge on any atom is -0.452 e. The highest BCUT2D eigenvalue weighted by atomic mass is 16.6. The fraction of sp³-hybridized carbons (Fsp3) is 0.636.